The average molecular weight is 1000 g/mol. The maximum atomic E-state index is 12.9. The molecular weight excluding hydrogens is 877 g/mol. The van der Waals surface area contributed by atoms with Gasteiger partial charge in [0.1, 0.15) is 13.2 Å². The molecule has 6 heteroatoms. The van der Waals surface area contributed by atoms with Gasteiger partial charge >= 0.3 is 17.9 Å². The molecule has 0 aromatic carbocycles. The van der Waals surface area contributed by atoms with E-state index < -0.39 is 6.10 Å². The first-order valence-corrected chi connectivity index (χ1v) is 32.2. The van der Waals surface area contributed by atoms with Gasteiger partial charge in [0.05, 0.1) is 0 Å². The normalized spacial score (nSPS) is 12.0. The van der Waals surface area contributed by atoms with Crippen LogP contribution >= 0.6 is 0 Å². The molecule has 0 radical (unpaired) electrons. The summed E-state index contributed by atoms with van der Waals surface area (Å²) in [5.74, 6) is -0.848. The minimum absolute atomic E-state index is 0.0671. The standard InChI is InChI=1S/C65H124O6/c1-4-7-10-13-16-19-22-25-27-29-30-31-32-33-34-35-36-37-39-40-43-46-49-52-55-58-64(67)70-61-62(60-69-63(66)57-54-51-48-45-42-24-21-18-15-12-9-6-3)71-65(68)59-56-53-50-47-44-41-38-28-26-23-20-17-14-11-8-5-2/h28,38,62H,4-27,29-37,39-61H2,1-3H3/b38-28-. The quantitative estimate of drug-likeness (QED) is 0.0261. The summed E-state index contributed by atoms with van der Waals surface area (Å²) in [5, 5.41) is 0. The highest BCUT2D eigenvalue weighted by Crippen LogP contribution is 2.18. The van der Waals surface area contributed by atoms with Crippen molar-refractivity contribution in [2.24, 2.45) is 0 Å². The van der Waals surface area contributed by atoms with E-state index in [-0.39, 0.29) is 31.1 Å². The van der Waals surface area contributed by atoms with Gasteiger partial charge in [-0.2, -0.15) is 0 Å². The predicted molar refractivity (Wildman–Crippen MR) is 307 cm³/mol. The van der Waals surface area contributed by atoms with Crippen molar-refractivity contribution in [3.8, 4) is 0 Å². The number of carbonyl (C=O) groups excluding carboxylic acids is 3. The summed E-state index contributed by atoms with van der Waals surface area (Å²) in [6, 6.07) is 0. The molecule has 1 atom stereocenters. The second kappa shape index (κ2) is 60.7. The third kappa shape index (κ3) is 58.9. The lowest BCUT2D eigenvalue weighted by molar-refractivity contribution is -0.167. The summed E-state index contributed by atoms with van der Waals surface area (Å²) in [4.78, 5) is 38.2. The van der Waals surface area contributed by atoms with Crippen molar-refractivity contribution in [3.05, 3.63) is 12.2 Å². The number of hydrogen-bond acceptors (Lipinski definition) is 6. The Hall–Kier alpha value is -1.85. The van der Waals surface area contributed by atoms with E-state index in [4.69, 9.17) is 14.2 Å². The van der Waals surface area contributed by atoms with Crippen LogP contribution < -0.4 is 0 Å². The maximum Gasteiger partial charge on any atom is 0.306 e. The van der Waals surface area contributed by atoms with Gasteiger partial charge in [-0.25, -0.2) is 0 Å². The zero-order chi connectivity index (χ0) is 51.4. The van der Waals surface area contributed by atoms with E-state index in [0.717, 1.165) is 64.2 Å². The highest BCUT2D eigenvalue weighted by atomic mass is 16.6. The lowest BCUT2D eigenvalue weighted by Crippen LogP contribution is -2.30. The van der Waals surface area contributed by atoms with Crippen LogP contribution in [0, 0.1) is 0 Å². The van der Waals surface area contributed by atoms with Gasteiger partial charge in [-0.05, 0) is 44.9 Å². The minimum atomic E-state index is -0.769. The van der Waals surface area contributed by atoms with Crippen LogP contribution in [0.3, 0.4) is 0 Å². The molecule has 0 aliphatic rings. The van der Waals surface area contributed by atoms with Gasteiger partial charge < -0.3 is 14.2 Å². The first kappa shape index (κ1) is 69.2. The van der Waals surface area contributed by atoms with Crippen LogP contribution in [0.2, 0.25) is 0 Å². The van der Waals surface area contributed by atoms with E-state index >= 15 is 0 Å². The topological polar surface area (TPSA) is 78.9 Å². The molecule has 0 rings (SSSR count). The highest BCUT2D eigenvalue weighted by Gasteiger charge is 2.19. The first-order valence-electron chi connectivity index (χ1n) is 32.2. The number of rotatable bonds is 60. The van der Waals surface area contributed by atoms with E-state index in [2.05, 4.69) is 32.9 Å². The van der Waals surface area contributed by atoms with Crippen molar-refractivity contribution in [1.29, 1.82) is 0 Å². The molecule has 0 N–H and O–H groups in total. The Labute approximate surface area is 443 Å². The van der Waals surface area contributed by atoms with Crippen LogP contribution in [-0.4, -0.2) is 37.2 Å². The monoisotopic (exact) mass is 1000 g/mol. The lowest BCUT2D eigenvalue weighted by atomic mass is 10.0. The van der Waals surface area contributed by atoms with Crippen molar-refractivity contribution in [2.45, 2.75) is 374 Å². The Morgan fingerprint density at radius 2 is 0.465 bits per heavy atom. The Morgan fingerprint density at radius 1 is 0.268 bits per heavy atom. The van der Waals surface area contributed by atoms with Gasteiger partial charge in [-0.3, -0.25) is 14.4 Å². The number of unbranched alkanes of at least 4 members (excludes halogenated alkanes) is 47. The second-order valence-corrected chi connectivity index (χ2v) is 22.0. The number of ether oxygens (including phenoxy) is 3. The second-order valence-electron chi connectivity index (χ2n) is 22.0. The number of hydrogen-bond donors (Lipinski definition) is 0. The van der Waals surface area contributed by atoms with Crippen LogP contribution in [0.15, 0.2) is 12.2 Å². The van der Waals surface area contributed by atoms with Gasteiger partial charge in [0.25, 0.3) is 0 Å². The molecule has 0 heterocycles. The minimum Gasteiger partial charge on any atom is -0.462 e. The van der Waals surface area contributed by atoms with E-state index in [0.29, 0.717) is 19.3 Å². The van der Waals surface area contributed by atoms with Crippen LogP contribution in [0.4, 0.5) is 0 Å². The fourth-order valence-electron chi connectivity index (χ4n) is 9.91. The van der Waals surface area contributed by atoms with Crippen molar-refractivity contribution >= 4 is 17.9 Å². The molecule has 0 amide bonds. The molecule has 0 aromatic heterocycles. The molecule has 71 heavy (non-hydrogen) atoms. The molecule has 1 unspecified atom stereocenters. The predicted octanol–water partition coefficient (Wildman–Crippen LogP) is 21.7. The zero-order valence-electron chi connectivity index (χ0n) is 48.3. The molecule has 0 aliphatic carbocycles. The summed E-state index contributed by atoms with van der Waals surface area (Å²) in [6.45, 7) is 6.70. The fourth-order valence-corrected chi connectivity index (χ4v) is 9.91. The van der Waals surface area contributed by atoms with Gasteiger partial charge in [0.2, 0.25) is 0 Å². The van der Waals surface area contributed by atoms with Gasteiger partial charge in [0, 0.05) is 19.3 Å². The van der Waals surface area contributed by atoms with E-state index in [1.54, 1.807) is 0 Å². The van der Waals surface area contributed by atoms with E-state index in [1.807, 2.05) is 0 Å². The summed E-state index contributed by atoms with van der Waals surface area (Å²) < 4.78 is 16.9. The van der Waals surface area contributed by atoms with Crippen LogP contribution in [0.5, 0.6) is 0 Å². The zero-order valence-corrected chi connectivity index (χ0v) is 48.3. The summed E-state index contributed by atoms with van der Waals surface area (Å²) >= 11 is 0. The number of esters is 3. The molecule has 0 spiro atoms. The summed E-state index contributed by atoms with van der Waals surface area (Å²) in [7, 11) is 0. The molecule has 0 aromatic rings. The van der Waals surface area contributed by atoms with Gasteiger partial charge in [0.15, 0.2) is 6.10 Å². The molecule has 0 saturated heterocycles. The van der Waals surface area contributed by atoms with Crippen molar-refractivity contribution in [3.63, 3.8) is 0 Å². The first-order chi connectivity index (χ1) is 35.0. The summed E-state index contributed by atoms with van der Waals surface area (Å²) in [5.41, 5.74) is 0. The molecule has 420 valence electrons. The third-order valence-corrected chi connectivity index (χ3v) is 14.8. The van der Waals surface area contributed by atoms with Crippen LogP contribution in [0.1, 0.15) is 367 Å². The smallest absolute Gasteiger partial charge is 0.306 e. The molecule has 6 nitrogen and oxygen atoms in total. The average Bonchev–Trinajstić information content (AvgIpc) is 3.37. The molecular formula is C65H124O6. The number of carbonyl (C=O) groups is 3. The third-order valence-electron chi connectivity index (χ3n) is 14.8. The fraction of sp³-hybridized carbons (Fsp3) is 0.923. The lowest BCUT2D eigenvalue weighted by Gasteiger charge is -2.18. The van der Waals surface area contributed by atoms with E-state index in [9.17, 15) is 14.4 Å². The highest BCUT2D eigenvalue weighted by molar-refractivity contribution is 5.71. The van der Waals surface area contributed by atoms with Crippen molar-refractivity contribution in [1.82, 2.24) is 0 Å². The number of allylic oxidation sites excluding steroid dienone is 2. The van der Waals surface area contributed by atoms with E-state index in [1.165, 1.54) is 263 Å². The molecule has 0 saturated carbocycles. The van der Waals surface area contributed by atoms with Gasteiger partial charge in [-0.15, -0.1) is 0 Å². The molecule has 0 fully saturated rings. The Morgan fingerprint density at radius 3 is 0.704 bits per heavy atom. The Balaban J connectivity index is 4.19. The summed E-state index contributed by atoms with van der Waals surface area (Å²) in [6.07, 6.45) is 70.8. The Kier molecular flexibility index (Phi) is 59.1. The largest absolute Gasteiger partial charge is 0.462 e. The molecule has 0 aliphatic heterocycles. The van der Waals surface area contributed by atoms with Crippen molar-refractivity contribution < 1.29 is 28.6 Å². The van der Waals surface area contributed by atoms with Crippen molar-refractivity contribution in [2.75, 3.05) is 13.2 Å². The van der Waals surface area contributed by atoms with Gasteiger partial charge in [-0.1, -0.05) is 315 Å². The Bertz CT molecular complexity index is 1100. The SMILES string of the molecule is CCCCCCCCC/C=C\CCCCCCCC(=O)OC(COC(=O)CCCCCCCCCCCCCC)COC(=O)CCCCCCCCCCCCCCCCCCCCCCCCCCC. The molecule has 0 bridgehead atoms. The van der Waals surface area contributed by atoms with Crippen LogP contribution in [-0.2, 0) is 28.6 Å². The maximum absolute atomic E-state index is 12.9. The van der Waals surface area contributed by atoms with Crippen LogP contribution in [0.25, 0.3) is 0 Å².